The molecule has 7 nitrogen and oxygen atoms in total. The molecule has 0 amide bonds. The summed E-state index contributed by atoms with van der Waals surface area (Å²) in [6.07, 6.45) is 3.12. The molecule has 104 valence electrons. The van der Waals surface area contributed by atoms with Gasteiger partial charge in [0.2, 0.25) is 0 Å². The average Bonchev–Trinajstić information content (AvgIpc) is 2.47. The Balaban J connectivity index is 2.80. The van der Waals surface area contributed by atoms with Crippen molar-refractivity contribution in [1.29, 1.82) is 0 Å². The number of hydrogen-bond acceptors (Lipinski definition) is 7. The standard InChI is InChI=1S/C12H17N3O4/c1-4-15(6-5-11(16)18-2)10-8-13-7-9(14-10)12(17)19-3/h7-8H,4-6H2,1-3H3. The summed E-state index contributed by atoms with van der Waals surface area (Å²) in [5, 5.41) is 0. The lowest BCUT2D eigenvalue weighted by atomic mass is 10.3. The summed E-state index contributed by atoms with van der Waals surface area (Å²) in [6.45, 7) is 3.00. The van der Waals surface area contributed by atoms with Crippen molar-refractivity contribution in [2.75, 3.05) is 32.2 Å². The van der Waals surface area contributed by atoms with E-state index in [9.17, 15) is 9.59 Å². The maximum Gasteiger partial charge on any atom is 0.358 e. The van der Waals surface area contributed by atoms with Crippen LogP contribution in [0.3, 0.4) is 0 Å². The molecule has 0 saturated carbocycles. The Labute approximate surface area is 111 Å². The predicted molar refractivity (Wildman–Crippen MR) is 67.9 cm³/mol. The van der Waals surface area contributed by atoms with Crippen molar-refractivity contribution in [2.24, 2.45) is 0 Å². The van der Waals surface area contributed by atoms with Gasteiger partial charge in [0.25, 0.3) is 0 Å². The van der Waals surface area contributed by atoms with E-state index in [1.165, 1.54) is 26.6 Å². The highest BCUT2D eigenvalue weighted by Crippen LogP contribution is 2.10. The molecule has 0 fully saturated rings. The molecule has 1 aromatic heterocycles. The number of hydrogen-bond donors (Lipinski definition) is 0. The highest BCUT2D eigenvalue weighted by atomic mass is 16.5. The molecule has 0 aliphatic rings. The minimum Gasteiger partial charge on any atom is -0.469 e. The predicted octanol–water partition coefficient (Wildman–Crippen LogP) is 0.653. The van der Waals surface area contributed by atoms with Gasteiger partial charge in [-0.15, -0.1) is 0 Å². The third kappa shape index (κ3) is 4.20. The molecule has 1 rings (SSSR count). The van der Waals surface area contributed by atoms with Crippen molar-refractivity contribution in [3.8, 4) is 0 Å². The summed E-state index contributed by atoms with van der Waals surface area (Å²) >= 11 is 0. The Morgan fingerprint density at radius 2 is 2.00 bits per heavy atom. The lowest BCUT2D eigenvalue weighted by Gasteiger charge is -2.21. The highest BCUT2D eigenvalue weighted by molar-refractivity contribution is 5.87. The van der Waals surface area contributed by atoms with Gasteiger partial charge in [-0.1, -0.05) is 0 Å². The van der Waals surface area contributed by atoms with Crippen LogP contribution in [0, 0.1) is 0 Å². The molecule has 0 aliphatic heterocycles. The molecular formula is C12H17N3O4. The number of rotatable bonds is 6. The van der Waals surface area contributed by atoms with Gasteiger partial charge in [-0.25, -0.2) is 9.78 Å². The van der Waals surface area contributed by atoms with Gasteiger partial charge >= 0.3 is 11.9 Å². The Morgan fingerprint density at radius 1 is 1.26 bits per heavy atom. The van der Waals surface area contributed by atoms with E-state index in [-0.39, 0.29) is 18.1 Å². The Hall–Kier alpha value is -2.18. The molecule has 1 heterocycles. The van der Waals surface area contributed by atoms with Crippen molar-refractivity contribution in [3.05, 3.63) is 18.1 Å². The van der Waals surface area contributed by atoms with Crippen molar-refractivity contribution < 1.29 is 19.1 Å². The zero-order valence-electron chi connectivity index (χ0n) is 11.3. The van der Waals surface area contributed by atoms with Gasteiger partial charge in [-0.3, -0.25) is 9.78 Å². The molecule has 0 aliphatic carbocycles. The third-order valence-corrected chi connectivity index (χ3v) is 2.54. The zero-order valence-corrected chi connectivity index (χ0v) is 11.3. The maximum atomic E-state index is 11.4. The van der Waals surface area contributed by atoms with Gasteiger partial charge in [-0.05, 0) is 6.92 Å². The van der Waals surface area contributed by atoms with E-state index in [0.717, 1.165) is 0 Å². The number of methoxy groups -OCH3 is 2. The van der Waals surface area contributed by atoms with Gasteiger partial charge in [0.05, 0.1) is 33.0 Å². The van der Waals surface area contributed by atoms with Gasteiger partial charge in [0.15, 0.2) is 5.69 Å². The van der Waals surface area contributed by atoms with Crippen LogP contribution in [0.1, 0.15) is 23.8 Å². The van der Waals surface area contributed by atoms with Crippen LogP contribution in [-0.2, 0) is 14.3 Å². The number of nitrogens with zero attached hydrogens (tertiary/aromatic N) is 3. The number of esters is 2. The summed E-state index contributed by atoms with van der Waals surface area (Å²) in [4.78, 5) is 32.4. The van der Waals surface area contributed by atoms with Crippen molar-refractivity contribution in [3.63, 3.8) is 0 Å². The molecule has 0 aromatic carbocycles. The molecular weight excluding hydrogens is 250 g/mol. The minimum atomic E-state index is -0.543. The van der Waals surface area contributed by atoms with Crippen LogP contribution < -0.4 is 4.90 Å². The summed E-state index contributed by atoms with van der Waals surface area (Å²) in [7, 11) is 2.63. The smallest absolute Gasteiger partial charge is 0.358 e. The first-order chi connectivity index (χ1) is 9.12. The fourth-order valence-corrected chi connectivity index (χ4v) is 1.47. The summed E-state index contributed by atoms with van der Waals surface area (Å²) < 4.78 is 9.17. The molecule has 0 radical (unpaired) electrons. The van der Waals surface area contributed by atoms with E-state index < -0.39 is 5.97 Å². The number of carbonyl (C=O) groups is 2. The monoisotopic (exact) mass is 267 g/mol. The normalized spacial score (nSPS) is 9.84. The third-order valence-electron chi connectivity index (χ3n) is 2.54. The van der Waals surface area contributed by atoms with E-state index in [1.807, 2.05) is 11.8 Å². The SMILES string of the molecule is CCN(CCC(=O)OC)c1cncc(C(=O)OC)n1. The second kappa shape index (κ2) is 7.30. The first kappa shape index (κ1) is 14.9. The Morgan fingerprint density at radius 3 is 2.58 bits per heavy atom. The largest absolute Gasteiger partial charge is 0.469 e. The summed E-state index contributed by atoms with van der Waals surface area (Å²) in [5.41, 5.74) is 0.136. The van der Waals surface area contributed by atoms with Crippen LogP contribution in [0.4, 0.5) is 5.82 Å². The fraction of sp³-hybridized carbons (Fsp3) is 0.500. The number of anilines is 1. The molecule has 0 spiro atoms. The maximum absolute atomic E-state index is 11.4. The van der Waals surface area contributed by atoms with Crippen LogP contribution in [0.2, 0.25) is 0 Å². The van der Waals surface area contributed by atoms with E-state index in [2.05, 4.69) is 19.4 Å². The highest BCUT2D eigenvalue weighted by Gasteiger charge is 2.13. The summed E-state index contributed by atoms with van der Waals surface area (Å²) in [5.74, 6) is -0.316. The molecule has 0 bridgehead atoms. The van der Waals surface area contributed by atoms with Crippen LogP contribution in [0.5, 0.6) is 0 Å². The minimum absolute atomic E-state index is 0.136. The van der Waals surface area contributed by atoms with Gasteiger partial charge < -0.3 is 14.4 Å². The number of ether oxygens (including phenoxy) is 2. The molecule has 19 heavy (non-hydrogen) atoms. The zero-order chi connectivity index (χ0) is 14.3. The van der Waals surface area contributed by atoms with Gasteiger partial charge in [0, 0.05) is 13.1 Å². The molecule has 0 N–H and O–H groups in total. The lowest BCUT2D eigenvalue weighted by Crippen LogP contribution is -2.27. The van der Waals surface area contributed by atoms with Crippen molar-refractivity contribution in [1.82, 2.24) is 9.97 Å². The topological polar surface area (TPSA) is 81.6 Å². The first-order valence-electron chi connectivity index (χ1n) is 5.84. The Bertz CT molecular complexity index is 450. The fourth-order valence-electron chi connectivity index (χ4n) is 1.47. The second-order valence-electron chi connectivity index (χ2n) is 3.66. The molecule has 1 aromatic rings. The quantitative estimate of drug-likeness (QED) is 0.700. The second-order valence-corrected chi connectivity index (χ2v) is 3.66. The average molecular weight is 267 g/mol. The van der Waals surface area contributed by atoms with Crippen LogP contribution in [-0.4, -0.2) is 49.2 Å². The van der Waals surface area contributed by atoms with Gasteiger partial charge in [-0.2, -0.15) is 0 Å². The van der Waals surface area contributed by atoms with E-state index >= 15 is 0 Å². The number of carbonyl (C=O) groups excluding carboxylic acids is 2. The van der Waals surface area contributed by atoms with Crippen molar-refractivity contribution >= 4 is 17.8 Å². The van der Waals surface area contributed by atoms with Gasteiger partial charge in [0.1, 0.15) is 5.82 Å². The van der Waals surface area contributed by atoms with E-state index in [1.54, 1.807) is 0 Å². The van der Waals surface area contributed by atoms with Crippen LogP contribution in [0.25, 0.3) is 0 Å². The van der Waals surface area contributed by atoms with E-state index in [0.29, 0.717) is 18.9 Å². The summed E-state index contributed by atoms with van der Waals surface area (Å²) in [6, 6.07) is 0. The van der Waals surface area contributed by atoms with Crippen LogP contribution >= 0.6 is 0 Å². The van der Waals surface area contributed by atoms with Crippen LogP contribution in [0.15, 0.2) is 12.4 Å². The van der Waals surface area contributed by atoms with Crippen molar-refractivity contribution in [2.45, 2.75) is 13.3 Å². The molecule has 0 atom stereocenters. The number of aromatic nitrogens is 2. The lowest BCUT2D eigenvalue weighted by molar-refractivity contribution is -0.140. The molecule has 0 unspecified atom stereocenters. The molecule has 0 saturated heterocycles. The Kier molecular flexibility index (Phi) is 5.72. The molecule has 7 heteroatoms. The van der Waals surface area contributed by atoms with E-state index in [4.69, 9.17) is 0 Å². The first-order valence-corrected chi connectivity index (χ1v) is 5.84.